The van der Waals surface area contributed by atoms with Gasteiger partial charge in [-0.05, 0) is 19.3 Å². The molecular weight excluding hydrogens is 180 g/mol. The third-order valence-corrected chi connectivity index (χ3v) is 2.66. The maximum absolute atomic E-state index is 11.4. The Kier molecular flexibility index (Phi) is 3.86. The van der Waals surface area contributed by atoms with E-state index < -0.39 is 0 Å². The number of allylic oxidation sites excluding steroid dienone is 1. The second kappa shape index (κ2) is 4.94. The minimum Gasteiger partial charge on any atom is -0.469 e. The predicted octanol–water partition coefficient (Wildman–Crippen LogP) is 1.72. The molecule has 3 nitrogen and oxygen atoms in total. The molecule has 0 saturated heterocycles. The Bertz CT molecular complexity index is 255. The number of carbonyl (C=O) groups is 2. The maximum Gasteiger partial charge on any atom is 0.312 e. The van der Waals surface area contributed by atoms with Gasteiger partial charge in [0.05, 0.1) is 13.0 Å². The highest BCUT2D eigenvalue weighted by molar-refractivity contribution is 5.83. The Labute approximate surface area is 84.1 Å². The standard InChI is InChI=1S/C11H16O3/c1-3-4-10(11(13)14-2)8-5-6-9(12)7-8/h3-4,8,10H,5-7H2,1-2H3/b4-3+. The topological polar surface area (TPSA) is 43.4 Å². The Hall–Kier alpha value is -1.12. The van der Waals surface area contributed by atoms with Crippen molar-refractivity contribution in [3.05, 3.63) is 12.2 Å². The zero-order valence-corrected chi connectivity index (χ0v) is 8.66. The number of methoxy groups -OCH3 is 1. The minimum absolute atomic E-state index is 0.145. The molecule has 0 N–H and O–H groups in total. The fourth-order valence-corrected chi connectivity index (χ4v) is 1.92. The monoisotopic (exact) mass is 196 g/mol. The molecule has 0 amide bonds. The van der Waals surface area contributed by atoms with E-state index >= 15 is 0 Å². The van der Waals surface area contributed by atoms with Crippen molar-refractivity contribution in [1.29, 1.82) is 0 Å². The number of ether oxygens (including phenoxy) is 1. The van der Waals surface area contributed by atoms with Gasteiger partial charge in [0.15, 0.2) is 0 Å². The lowest BCUT2D eigenvalue weighted by Crippen LogP contribution is -2.21. The second-order valence-corrected chi connectivity index (χ2v) is 3.62. The van der Waals surface area contributed by atoms with Crippen LogP contribution in [0.4, 0.5) is 0 Å². The fraction of sp³-hybridized carbons (Fsp3) is 0.636. The predicted molar refractivity (Wildman–Crippen MR) is 52.7 cm³/mol. The molecule has 0 heterocycles. The summed E-state index contributed by atoms with van der Waals surface area (Å²) in [6.45, 7) is 1.87. The van der Waals surface area contributed by atoms with Crippen molar-refractivity contribution < 1.29 is 14.3 Å². The molecule has 0 aromatic carbocycles. The van der Waals surface area contributed by atoms with E-state index in [1.807, 2.05) is 19.1 Å². The van der Waals surface area contributed by atoms with Crippen LogP contribution >= 0.6 is 0 Å². The number of hydrogen-bond acceptors (Lipinski definition) is 3. The molecule has 2 atom stereocenters. The van der Waals surface area contributed by atoms with Crippen LogP contribution in [0.1, 0.15) is 26.2 Å². The van der Waals surface area contributed by atoms with E-state index in [9.17, 15) is 9.59 Å². The Morgan fingerprint density at radius 1 is 1.64 bits per heavy atom. The van der Waals surface area contributed by atoms with E-state index in [4.69, 9.17) is 4.74 Å². The second-order valence-electron chi connectivity index (χ2n) is 3.62. The molecule has 0 aromatic rings. The Morgan fingerprint density at radius 3 is 2.79 bits per heavy atom. The molecule has 0 spiro atoms. The molecule has 0 aromatic heterocycles. The molecule has 3 heteroatoms. The van der Waals surface area contributed by atoms with Gasteiger partial charge in [-0.25, -0.2) is 0 Å². The van der Waals surface area contributed by atoms with E-state index in [1.165, 1.54) is 7.11 Å². The Balaban J connectivity index is 2.67. The molecule has 14 heavy (non-hydrogen) atoms. The van der Waals surface area contributed by atoms with Crippen LogP contribution in [0.2, 0.25) is 0 Å². The number of carbonyl (C=O) groups excluding carboxylic acids is 2. The van der Waals surface area contributed by atoms with Gasteiger partial charge < -0.3 is 4.74 Å². The SMILES string of the molecule is C/C=C/C(C(=O)OC)C1CCC(=O)C1. The number of hydrogen-bond donors (Lipinski definition) is 0. The van der Waals surface area contributed by atoms with Crippen LogP contribution in [0.5, 0.6) is 0 Å². The van der Waals surface area contributed by atoms with E-state index in [-0.39, 0.29) is 23.6 Å². The average Bonchev–Trinajstić information content (AvgIpc) is 2.60. The first-order valence-corrected chi connectivity index (χ1v) is 4.91. The zero-order valence-electron chi connectivity index (χ0n) is 8.66. The molecule has 2 unspecified atom stereocenters. The lowest BCUT2D eigenvalue weighted by Gasteiger charge is -2.16. The van der Waals surface area contributed by atoms with E-state index in [0.29, 0.717) is 12.8 Å². The fourth-order valence-electron chi connectivity index (χ4n) is 1.92. The van der Waals surface area contributed by atoms with Crippen molar-refractivity contribution >= 4 is 11.8 Å². The molecule has 1 aliphatic rings. The largest absolute Gasteiger partial charge is 0.469 e. The van der Waals surface area contributed by atoms with Crippen LogP contribution in [-0.2, 0) is 14.3 Å². The molecular formula is C11H16O3. The first-order valence-electron chi connectivity index (χ1n) is 4.91. The summed E-state index contributed by atoms with van der Waals surface area (Å²) in [5.74, 6) is -0.0705. The zero-order chi connectivity index (χ0) is 10.6. The first-order chi connectivity index (χ1) is 6.69. The van der Waals surface area contributed by atoms with Gasteiger partial charge in [0, 0.05) is 12.8 Å². The van der Waals surface area contributed by atoms with Gasteiger partial charge in [0.25, 0.3) is 0 Å². The van der Waals surface area contributed by atoms with Crippen molar-refractivity contribution in [2.24, 2.45) is 11.8 Å². The van der Waals surface area contributed by atoms with E-state index in [0.717, 1.165) is 6.42 Å². The number of esters is 1. The summed E-state index contributed by atoms with van der Waals surface area (Å²) in [7, 11) is 1.38. The Morgan fingerprint density at radius 2 is 2.36 bits per heavy atom. The van der Waals surface area contributed by atoms with Gasteiger partial charge in [0.2, 0.25) is 0 Å². The summed E-state index contributed by atoms with van der Waals surface area (Å²) in [6, 6.07) is 0. The van der Waals surface area contributed by atoms with Crippen molar-refractivity contribution in [2.75, 3.05) is 7.11 Å². The van der Waals surface area contributed by atoms with Crippen LogP contribution in [0, 0.1) is 11.8 Å². The number of Topliss-reactive ketones (excluding diaryl/α,β-unsaturated/α-hetero) is 1. The maximum atomic E-state index is 11.4. The summed E-state index contributed by atoms with van der Waals surface area (Å²) < 4.78 is 4.71. The highest BCUT2D eigenvalue weighted by Gasteiger charge is 2.32. The lowest BCUT2D eigenvalue weighted by molar-refractivity contribution is -0.145. The summed E-state index contributed by atoms with van der Waals surface area (Å²) in [4.78, 5) is 22.5. The minimum atomic E-state index is -0.239. The molecule has 0 radical (unpaired) electrons. The van der Waals surface area contributed by atoms with Crippen LogP contribution < -0.4 is 0 Å². The smallest absolute Gasteiger partial charge is 0.312 e. The molecule has 0 bridgehead atoms. The number of rotatable bonds is 3. The van der Waals surface area contributed by atoms with Crippen molar-refractivity contribution in [3.8, 4) is 0 Å². The van der Waals surface area contributed by atoms with Gasteiger partial charge in [-0.1, -0.05) is 12.2 Å². The van der Waals surface area contributed by atoms with Gasteiger partial charge in [0.1, 0.15) is 5.78 Å². The van der Waals surface area contributed by atoms with Crippen molar-refractivity contribution in [2.45, 2.75) is 26.2 Å². The molecule has 0 aliphatic heterocycles. The molecule has 1 aliphatic carbocycles. The van der Waals surface area contributed by atoms with Crippen LogP contribution in [-0.4, -0.2) is 18.9 Å². The summed E-state index contributed by atoms with van der Waals surface area (Å²) in [6.07, 6.45) is 5.60. The third-order valence-electron chi connectivity index (χ3n) is 2.66. The third kappa shape index (κ3) is 2.44. The summed E-state index contributed by atoms with van der Waals surface area (Å²) in [5, 5.41) is 0. The van der Waals surface area contributed by atoms with E-state index in [1.54, 1.807) is 0 Å². The molecule has 1 fully saturated rings. The molecule has 1 rings (SSSR count). The van der Waals surface area contributed by atoms with Crippen LogP contribution in [0.15, 0.2) is 12.2 Å². The van der Waals surface area contributed by atoms with Crippen LogP contribution in [0.25, 0.3) is 0 Å². The number of ketones is 1. The quantitative estimate of drug-likeness (QED) is 0.510. The first kappa shape index (κ1) is 11.0. The van der Waals surface area contributed by atoms with Gasteiger partial charge in [-0.15, -0.1) is 0 Å². The van der Waals surface area contributed by atoms with Crippen LogP contribution in [0.3, 0.4) is 0 Å². The summed E-state index contributed by atoms with van der Waals surface area (Å²) in [5.41, 5.74) is 0. The highest BCUT2D eigenvalue weighted by atomic mass is 16.5. The lowest BCUT2D eigenvalue weighted by atomic mass is 9.90. The average molecular weight is 196 g/mol. The van der Waals surface area contributed by atoms with Crippen molar-refractivity contribution in [1.82, 2.24) is 0 Å². The van der Waals surface area contributed by atoms with Crippen molar-refractivity contribution in [3.63, 3.8) is 0 Å². The molecule has 1 saturated carbocycles. The van der Waals surface area contributed by atoms with Gasteiger partial charge >= 0.3 is 5.97 Å². The normalized spacial score (nSPS) is 24.1. The van der Waals surface area contributed by atoms with E-state index in [2.05, 4.69) is 0 Å². The summed E-state index contributed by atoms with van der Waals surface area (Å²) >= 11 is 0. The van der Waals surface area contributed by atoms with Gasteiger partial charge in [-0.2, -0.15) is 0 Å². The van der Waals surface area contributed by atoms with Gasteiger partial charge in [-0.3, -0.25) is 9.59 Å². The molecule has 78 valence electrons. The highest BCUT2D eigenvalue weighted by Crippen LogP contribution is 2.30.